The number of carbonyl (C=O) groups is 1. The standard InChI is InChI=1S/C7H8ClNO2/c1-9-3-5(6(8)4-9)7(10)11-2/h3-4H,1-2H3. The van der Waals surface area contributed by atoms with E-state index in [0.29, 0.717) is 10.6 Å². The molecule has 4 heteroatoms. The van der Waals surface area contributed by atoms with Crippen molar-refractivity contribution in [3.63, 3.8) is 0 Å². The topological polar surface area (TPSA) is 31.2 Å². The second-order valence-corrected chi connectivity index (χ2v) is 2.58. The molecule has 0 saturated heterocycles. The van der Waals surface area contributed by atoms with Gasteiger partial charge in [-0.2, -0.15) is 0 Å². The SMILES string of the molecule is COC(=O)c1cn(C)cc1Cl. The highest BCUT2D eigenvalue weighted by molar-refractivity contribution is 6.33. The summed E-state index contributed by atoms with van der Waals surface area (Å²) in [7, 11) is 3.12. The molecule has 0 amide bonds. The van der Waals surface area contributed by atoms with E-state index in [4.69, 9.17) is 11.6 Å². The van der Waals surface area contributed by atoms with Crippen LogP contribution < -0.4 is 0 Å². The van der Waals surface area contributed by atoms with Crippen molar-refractivity contribution in [1.29, 1.82) is 0 Å². The number of ether oxygens (including phenoxy) is 1. The fourth-order valence-corrected chi connectivity index (χ4v) is 1.09. The molecule has 3 nitrogen and oxygen atoms in total. The summed E-state index contributed by atoms with van der Waals surface area (Å²) in [6, 6.07) is 0. The first-order valence-corrected chi connectivity index (χ1v) is 3.42. The maximum absolute atomic E-state index is 10.9. The van der Waals surface area contributed by atoms with Crippen molar-refractivity contribution < 1.29 is 9.53 Å². The van der Waals surface area contributed by atoms with Gasteiger partial charge in [-0.1, -0.05) is 11.6 Å². The highest BCUT2D eigenvalue weighted by Crippen LogP contribution is 2.16. The van der Waals surface area contributed by atoms with E-state index in [0.717, 1.165) is 0 Å². The van der Waals surface area contributed by atoms with Crippen LogP contribution in [-0.4, -0.2) is 17.6 Å². The lowest BCUT2D eigenvalue weighted by atomic mass is 10.3. The molecule has 1 rings (SSSR count). The third-order valence-corrected chi connectivity index (χ3v) is 1.61. The Hall–Kier alpha value is -0.960. The number of methoxy groups -OCH3 is 1. The summed E-state index contributed by atoms with van der Waals surface area (Å²) in [6.45, 7) is 0. The highest BCUT2D eigenvalue weighted by atomic mass is 35.5. The number of aryl methyl sites for hydroxylation is 1. The molecule has 0 aliphatic rings. The summed E-state index contributed by atoms with van der Waals surface area (Å²) in [4.78, 5) is 10.9. The number of hydrogen-bond donors (Lipinski definition) is 0. The highest BCUT2D eigenvalue weighted by Gasteiger charge is 2.11. The summed E-state index contributed by atoms with van der Waals surface area (Å²) in [5, 5.41) is 0.416. The van der Waals surface area contributed by atoms with Crippen LogP contribution in [0.15, 0.2) is 12.4 Å². The number of esters is 1. The molecule has 1 heterocycles. The van der Waals surface area contributed by atoms with Crippen molar-refractivity contribution in [2.75, 3.05) is 7.11 Å². The van der Waals surface area contributed by atoms with Crippen LogP contribution in [0.1, 0.15) is 10.4 Å². The molecule has 0 aliphatic carbocycles. The van der Waals surface area contributed by atoms with Crippen LogP contribution in [-0.2, 0) is 11.8 Å². The van der Waals surface area contributed by atoms with Crippen molar-refractivity contribution in [3.05, 3.63) is 23.0 Å². The van der Waals surface area contributed by atoms with E-state index >= 15 is 0 Å². The van der Waals surface area contributed by atoms with Crippen molar-refractivity contribution in [2.24, 2.45) is 7.05 Å². The fourth-order valence-electron chi connectivity index (χ4n) is 0.811. The minimum absolute atomic E-state index is 0.400. The molecule has 11 heavy (non-hydrogen) atoms. The lowest BCUT2D eigenvalue weighted by molar-refractivity contribution is 0.0601. The van der Waals surface area contributed by atoms with Crippen molar-refractivity contribution in [2.45, 2.75) is 0 Å². The third-order valence-electron chi connectivity index (χ3n) is 1.31. The van der Waals surface area contributed by atoms with Gasteiger partial charge < -0.3 is 9.30 Å². The van der Waals surface area contributed by atoms with E-state index in [2.05, 4.69) is 4.74 Å². The molecular formula is C7H8ClNO2. The van der Waals surface area contributed by atoms with Crippen LogP contribution in [0, 0.1) is 0 Å². The van der Waals surface area contributed by atoms with Gasteiger partial charge in [0.25, 0.3) is 0 Å². The zero-order valence-electron chi connectivity index (χ0n) is 6.30. The van der Waals surface area contributed by atoms with E-state index in [1.807, 2.05) is 0 Å². The molecule has 0 aromatic carbocycles. The van der Waals surface area contributed by atoms with Gasteiger partial charge in [-0.05, 0) is 0 Å². The van der Waals surface area contributed by atoms with Gasteiger partial charge in [0.15, 0.2) is 0 Å². The molecule has 0 spiro atoms. The molecule has 0 atom stereocenters. The molecule has 0 aliphatic heterocycles. The molecule has 0 unspecified atom stereocenters. The van der Waals surface area contributed by atoms with Crippen LogP contribution in [0.3, 0.4) is 0 Å². The molecule has 1 aromatic rings. The van der Waals surface area contributed by atoms with E-state index in [-0.39, 0.29) is 0 Å². The maximum Gasteiger partial charge on any atom is 0.340 e. The molecular weight excluding hydrogens is 166 g/mol. The van der Waals surface area contributed by atoms with Crippen molar-refractivity contribution in [1.82, 2.24) is 4.57 Å². The Labute approximate surface area is 69.5 Å². The molecule has 0 bridgehead atoms. The van der Waals surface area contributed by atoms with Gasteiger partial charge in [-0.3, -0.25) is 0 Å². The Morgan fingerprint density at radius 2 is 2.27 bits per heavy atom. The van der Waals surface area contributed by atoms with Crippen molar-refractivity contribution >= 4 is 17.6 Å². The van der Waals surface area contributed by atoms with Gasteiger partial charge in [0.1, 0.15) is 0 Å². The predicted octanol–water partition coefficient (Wildman–Crippen LogP) is 1.47. The Bertz CT molecular complexity index is 280. The largest absolute Gasteiger partial charge is 0.465 e. The summed E-state index contributed by atoms with van der Waals surface area (Å²) >= 11 is 5.70. The first-order valence-electron chi connectivity index (χ1n) is 3.05. The average molecular weight is 174 g/mol. The van der Waals surface area contributed by atoms with Crippen LogP contribution in [0.2, 0.25) is 5.02 Å². The zero-order chi connectivity index (χ0) is 8.43. The lowest BCUT2D eigenvalue weighted by Crippen LogP contribution is -1.99. The number of hydrogen-bond acceptors (Lipinski definition) is 2. The smallest absolute Gasteiger partial charge is 0.340 e. The van der Waals surface area contributed by atoms with Gasteiger partial charge in [-0.15, -0.1) is 0 Å². The Morgan fingerprint density at radius 3 is 2.64 bits per heavy atom. The summed E-state index contributed by atoms with van der Waals surface area (Å²) in [6.07, 6.45) is 3.27. The van der Waals surface area contributed by atoms with Gasteiger partial charge in [-0.25, -0.2) is 4.79 Å². The monoisotopic (exact) mass is 173 g/mol. The number of halogens is 1. The quantitative estimate of drug-likeness (QED) is 0.603. The number of carbonyl (C=O) groups excluding carboxylic acids is 1. The average Bonchev–Trinajstić information content (AvgIpc) is 2.28. The van der Waals surface area contributed by atoms with Gasteiger partial charge in [0.05, 0.1) is 17.7 Å². The molecule has 0 N–H and O–H groups in total. The van der Waals surface area contributed by atoms with Gasteiger partial charge in [0, 0.05) is 19.4 Å². The van der Waals surface area contributed by atoms with Crippen LogP contribution in [0.4, 0.5) is 0 Å². The normalized spacial score (nSPS) is 9.73. The Kier molecular flexibility index (Phi) is 2.19. The molecule has 1 aromatic heterocycles. The number of aromatic nitrogens is 1. The first-order chi connectivity index (χ1) is 5.15. The lowest BCUT2D eigenvalue weighted by Gasteiger charge is -1.93. The summed E-state index contributed by atoms with van der Waals surface area (Å²) in [5.41, 5.74) is 0.400. The minimum Gasteiger partial charge on any atom is -0.465 e. The predicted molar refractivity (Wildman–Crippen MR) is 41.8 cm³/mol. The van der Waals surface area contributed by atoms with Crippen molar-refractivity contribution in [3.8, 4) is 0 Å². The third kappa shape index (κ3) is 1.54. The first kappa shape index (κ1) is 8.14. The fraction of sp³-hybridized carbons (Fsp3) is 0.286. The number of nitrogens with zero attached hydrogens (tertiary/aromatic N) is 1. The van der Waals surface area contributed by atoms with E-state index < -0.39 is 5.97 Å². The molecule has 0 radical (unpaired) electrons. The van der Waals surface area contributed by atoms with E-state index in [1.54, 1.807) is 24.0 Å². The maximum atomic E-state index is 10.9. The Morgan fingerprint density at radius 1 is 1.64 bits per heavy atom. The van der Waals surface area contributed by atoms with Crippen LogP contribution in [0.25, 0.3) is 0 Å². The van der Waals surface area contributed by atoms with Crippen LogP contribution >= 0.6 is 11.6 Å². The summed E-state index contributed by atoms with van der Waals surface area (Å²) in [5.74, 6) is -0.407. The number of rotatable bonds is 1. The molecule has 0 fully saturated rings. The zero-order valence-corrected chi connectivity index (χ0v) is 7.05. The minimum atomic E-state index is -0.407. The Balaban J connectivity index is 3.03. The molecule has 0 saturated carbocycles. The van der Waals surface area contributed by atoms with Gasteiger partial charge >= 0.3 is 5.97 Å². The second-order valence-electron chi connectivity index (χ2n) is 2.18. The second kappa shape index (κ2) is 2.96. The molecule has 60 valence electrons. The van der Waals surface area contributed by atoms with E-state index in [9.17, 15) is 4.79 Å². The van der Waals surface area contributed by atoms with Gasteiger partial charge in [0.2, 0.25) is 0 Å². The van der Waals surface area contributed by atoms with Crippen LogP contribution in [0.5, 0.6) is 0 Å². The van der Waals surface area contributed by atoms with E-state index in [1.165, 1.54) is 7.11 Å². The summed E-state index contributed by atoms with van der Waals surface area (Å²) < 4.78 is 6.20.